The van der Waals surface area contributed by atoms with Crippen LogP contribution in [0.4, 0.5) is 17.5 Å². The Bertz CT molecular complexity index is 452. The first-order chi connectivity index (χ1) is 9.20. The number of nitro groups is 1. The lowest BCUT2D eigenvalue weighted by Crippen LogP contribution is -2.21. The van der Waals surface area contributed by atoms with Gasteiger partial charge in [0.2, 0.25) is 11.8 Å². The van der Waals surface area contributed by atoms with Gasteiger partial charge < -0.3 is 5.32 Å². The number of rotatable bonds is 5. The third-order valence-corrected chi connectivity index (χ3v) is 4.26. The fourth-order valence-electron chi connectivity index (χ4n) is 1.89. The zero-order chi connectivity index (χ0) is 13.7. The van der Waals surface area contributed by atoms with Crippen molar-refractivity contribution in [3.63, 3.8) is 0 Å². The molecule has 1 aromatic rings. The highest BCUT2D eigenvalue weighted by Gasteiger charge is 2.19. The van der Waals surface area contributed by atoms with Gasteiger partial charge in [0, 0.05) is 11.8 Å². The van der Waals surface area contributed by atoms with Gasteiger partial charge in [0.1, 0.15) is 6.20 Å². The number of aromatic nitrogens is 2. The number of hydrogen-bond acceptors (Lipinski definition) is 8. The van der Waals surface area contributed by atoms with Gasteiger partial charge in [-0.1, -0.05) is 6.42 Å². The summed E-state index contributed by atoms with van der Waals surface area (Å²) >= 11 is 1.89. The van der Waals surface area contributed by atoms with Gasteiger partial charge in [-0.15, -0.1) is 0 Å². The Balaban J connectivity index is 2.06. The molecule has 0 saturated carbocycles. The summed E-state index contributed by atoms with van der Waals surface area (Å²) in [6.45, 7) is 0.659. The molecule has 1 unspecified atom stereocenters. The Hall–Kier alpha value is -1.61. The maximum Gasteiger partial charge on any atom is 0.329 e. The number of anilines is 2. The van der Waals surface area contributed by atoms with E-state index in [1.165, 1.54) is 12.8 Å². The zero-order valence-corrected chi connectivity index (χ0v) is 11.2. The largest absolute Gasteiger partial charge is 0.363 e. The van der Waals surface area contributed by atoms with E-state index in [9.17, 15) is 10.1 Å². The molecule has 1 atom stereocenters. The fraction of sp³-hybridized carbons (Fsp3) is 0.600. The van der Waals surface area contributed by atoms with Crippen LogP contribution in [-0.2, 0) is 0 Å². The van der Waals surface area contributed by atoms with Crippen molar-refractivity contribution in [2.45, 2.75) is 24.5 Å². The minimum Gasteiger partial charge on any atom is -0.363 e. The summed E-state index contributed by atoms with van der Waals surface area (Å²) in [5, 5.41) is 14.4. The smallest absolute Gasteiger partial charge is 0.329 e. The van der Waals surface area contributed by atoms with E-state index in [0.717, 1.165) is 18.4 Å². The minimum absolute atomic E-state index is 0.139. The number of nitrogen functional groups attached to an aromatic ring is 1. The number of nitrogens with zero attached hydrogens (tertiary/aromatic N) is 3. The molecule has 0 aliphatic carbocycles. The van der Waals surface area contributed by atoms with Crippen LogP contribution < -0.4 is 16.6 Å². The molecule has 8 nitrogen and oxygen atoms in total. The second-order valence-corrected chi connectivity index (χ2v) is 5.61. The first-order valence-corrected chi connectivity index (χ1v) is 7.09. The number of nitrogens with two attached hydrogens (primary N) is 1. The van der Waals surface area contributed by atoms with Crippen molar-refractivity contribution in [3.8, 4) is 0 Å². The van der Waals surface area contributed by atoms with Gasteiger partial charge in [-0.05, 0) is 18.6 Å². The molecular formula is C10H16N6O2S. The van der Waals surface area contributed by atoms with Crippen LogP contribution >= 0.6 is 11.8 Å². The van der Waals surface area contributed by atoms with Gasteiger partial charge in [0.05, 0.1) is 4.92 Å². The van der Waals surface area contributed by atoms with Gasteiger partial charge >= 0.3 is 5.69 Å². The highest BCUT2D eigenvalue weighted by Crippen LogP contribution is 2.27. The lowest BCUT2D eigenvalue weighted by atomic mass is 10.2. The molecule has 9 heteroatoms. The Morgan fingerprint density at radius 3 is 3.05 bits per heavy atom. The van der Waals surface area contributed by atoms with E-state index in [4.69, 9.17) is 5.84 Å². The SMILES string of the molecule is NNc1ncc([N+](=O)[O-])c(NCC2CCCCS2)n1. The van der Waals surface area contributed by atoms with E-state index < -0.39 is 4.92 Å². The van der Waals surface area contributed by atoms with E-state index in [1.54, 1.807) is 0 Å². The average Bonchev–Trinajstić information content (AvgIpc) is 2.45. The Morgan fingerprint density at radius 1 is 1.58 bits per heavy atom. The zero-order valence-electron chi connectivity index (χ0n) is 10.3. The molecule has 0 aromatic carbocycles. The minimum atomic E-state index is -0.503. The Morgan fingerprint density at radius 2 is 2.42 bits per heavy atom. The van der Waals surface area contributed by atoms with Crippen molar-refractivity contribution in [1.29, 1.82) is 0 Å². The van der Waals surface area contributed by atoms with Crippen molar-refractivity contribution in [2.75, 3.05) is 23.0 Å². The Kier molecular flexibility index (Phi) is 4.74. The summed E-state index contributed by atoms with van der Waals surface area (Å²) in [6, 6.07) is 0. The molecule has 1 aromatic heterocycles. The predicted molar refractivity (Wildman–Crippen MR) is 75.1 cm³/mol. The molecule has 4 N–H and O–H groups in total. The molecule has 0 bridgehead atoms. The van der Waals surface area contributed by atoms with Crippen molar-refractivity contribution < 1.29 is 4.92 Å². The molecule has 1 fully saturated rings. The molecule has 1 saturated heterocycles. The second-order valence-electron chi connectivity index (χ2n) is 4.20. The summed E-state index contributed by atoms with van der Waals surface area (Å²) in [4.78, 5) is 18.1. The highest BCUT2D eigenvalue weighted by molar-refractivity contribution is 7.99. The molecule has 0 radical (unpaired) electrons. The van der Waals surface area contributed by atoms with Crippen LogP contribution in [0, 0.1) is 10.1 Å². The summed E-state index contributed by atoms with van der Waals surface area (Å²) in [5.74, 6) is 6.72. The first kappa shape index (κ1) is 13.8. The molecule has 0 spiro atoms. The third kappa shape index (κ3) is 3.67. The van der Waals surface area contributed by atoms with Gasteiger partial charge in [-0.3, -0.25) is 15.5 Å². The van der Waals surface area contributed by atoms with Gasteiger partial charge in [0.25, 0.3) is 0 Å². The van der Waals surface area contributed by atoms with Crippen LogP contribution in [0.25, 0.3) is 0 Å². The molecule has 0 amide bonds. The fourth-order valence-corrected chi connectivity index (χ4v) is 3.13. The summed E-state index contributed by atoms with van der Waals surface area (Å²) < 4.78 is 0. The van der Waals surface area contributed by atoms with Gasteiger partial charge in [0.15, 0.2) is 0 Å². The summed E-state index contributed by atoms with van der Waals surface area (Å²) in [5.41, 5.74) is 2.14. The van der Waals surface area contributed by atoms with E-state index in [0.29, 0.717) is 11.8 Å². The molecule has 1 aliphatic heterocycles. The monoisotopic (exact) mass is 284 g/mol. The van der Waals surface area contributed by atoms with E-state index >= 15 is 0 Å². The molecule has 19 heavy (non-hydrogen) atoms. The second kappa shape index (κ2) is 6.53. The van der Waals surface area contributed by atoms with Crippen LogP contribution in [0.15, 0.2) is 6.20 Å². The van der Waals surface area contributed by atoms with Crippen LogP contribution in [0.5, 0.6) is 0 Å². The maximum atomic E-state index is 10.9. The molecule has 2 rings (SSSR count). The van der Waals surface area contributed by atoms with Crippen molar-refractivity contribution >= 4 is 29.2 Å². The number of nitrogens with one attached hydrogen (secondary N) is 2. The normalized spacial score (nSPS) is 18.9. The summed E-state index contributed by atoms with van der Waals surface area (Å²) in [6.07, 6.45) is 4.73. The molecular weight excluding hydrogens is 268 g/mol. The maximum absolute atomic E-state index is 10.9. The average molecular weight is 284 g/mol. The standard InChI is InChI=1S/C10H16N6O2S/c11-15-10-13-6-8(16(17)18)9(14-10)12-5-7-3-1-2-4-19-7/h6-7H,1-5,11H2,(H2,12,13,14,15). The predicted octanol–water partition coefficient (Wildman–Crippen LogP) is 1.37. The lowest BCUT2D eigenvalue weighted by Gasteiger charge is -2.21. The number of hydrogen-bond donors (Lipinski definition) is 3. The van der Waals surface area contributed by atoms with Gasteiger partial charge in [-0.2, -0.15) is 16.7 Å². The van der Waals surface area contributed by atoms with E-state index in [-0.39, 0.29) is 17.5 Å². The van der Waals surface area contributed by atoms with Crippen molar-refractivity contribution in [1.82, 2.24) is 9.97 Å². The molecule has 2 heterocycles. The molecule has 1 aliphatic rings. The topological polar surface area (TPSA) is 119 Å². The molecule has 104 valence electrons. The van der Waals surface area contributed by atoms with Crippen LogP contribution in [0.3, 0.4) is 0 Å². The Labute approximate surface area is 114 Å². The summed E-state index contributed by atoms with van der Waals surface area (Å²) in [7, 11) is 0. The number of thioether (sulfide) groups is 1. The van der Waals surface area contributed by atoms with Crippen LogP contribution in [0.2, 0.25) is 0 Å². The van der Waals surface area contributed by atoms with Crippen molar-refractivity contribution in [2.24, 2.45) is 5.84 Å². The van der Waals surface area contributed by atoms with Crippen LogP contribution in [0.1, 0.15) is 19.3 Å². The quantitative estimate of drug-likeness (QED) is 0.421. The lowest BCUT2D eigenvalue weighted by molar-refractivity contribution is -0.384. The first-order valence-electron chi connectivity index (χ1n) is 6.04. The van der Waals surface area contributed by atoms with Gasteiger partial charge in [-0.25, -0.2) is 10.8 Å². The highest BCUT2D eigenvalue weighted by atomic mass is 32.2. The number of hydrazine groups is 1. The third-order valence-electron chi connectivity index (χ3n) is 2.87. The van der Waals surface area contributed by atoms with E-state index in [1.807, 2.05) is 11.8 Å². The van der Waals surface area contributed by atoms with Crippen LogP contribution in [-0.4, -0.2) is 32.4 Å². The van der Waals surface area contributed by atoms with Crippen molar-refractivity contribution in [3.05, 3.63) is 16.3 Å². The van der Waals surface area contributed by atoms with E-state index in [2.05, 4.69) is 20.7 Å².